The summed E-state index contributed by atoms with van der Waals surface area (Å²) in [4.78, 5) is 28.9. The van der Waals surface area contributed by atoms with Crippen molar-refractivity contribution in [2.45, 2.75) is 0 Å². The lowest BCUT2D eigenvalue weighted by molar-refractivity contribution is -0.120. The average Bonchev–Trinajstić information content (AvgIpc) is 2.79. The third-order valence-corrected chi connectivity index (χ3v) is 3.32. The molecule has 5 heteroatoms. The summed E-state index contributed by atoms with van der Waals surface area (Å²) in [6, 6.07) is 17.6. The van der Waals surface area contributed by atoms with Crippen LogP contribution in [0, 0.1) is 0 Å². The van der Waals surface area contributed by atoms with Crippen molar-refractivity contribution in [1.82, 2.24) is 0 Å². The number of anilines is 1. The van der Waals surface area contributed by atoms with E-state index in [2.05, 4.69) is 4.79 Å². The molecular formula is C17H11N3O2. The highest BCUT2D eigenvalue weighted by Gasteiger charge is 2.47. The van der Waals surface area contributed by atoms with Gasteiger partial charge in [-0.25, -0.2) is 4.90 Å². The number of imide groups is 1. The largest absolute Gasteiger partial charge is 0.393 e. The van der Waals surface area contributed by atoms with Gasteiger partial charge in [-0.1, -0.05) is 48.5 Å². The fourth-order valence-corrected chi connectivity index (χ4v) is 2.29. The SMILES string of the molecule is [N-]=[N+]=C1C(=O)N(c2ccccc2)C(=O)/C1=C/c1ccccc1. The van der Waals surface area contributed by atoms with Crippen molar-refractivity contribution in [3.05, 3.63) is 77.3 Å². The van der Waals surface area contributed by atoms with E-state index in [4.69, 9.17) is 5.53 Å². The Balaban J connectivity index is 2.09. The van der Waals surface area contributed by atoms with Crippen molar-refractivity contribution in [3.8, 4) is 0 Å². The number of hydrogen-bond acceptors (Lipinski definition) is 2. The van der Waals surface area contributed by atoms with Gasteiger partial charge >= 0.3 is 11.6 Å². The molecule has 0 N–H and O–H groups in total. The van der Waals surface area contributed by atoms with Crippen LogP contribution < -0.4 is 4.90 Å². The molecule has 0 bridgehead atoms. The van der Waals surface area contributed by atoms with Crippen LogP contribution in [0.25, 0.3) is 11.6 Å². The van der Waals surface area contributed by atoms with Crippen molar-refractivity contribution in [2.75, 3.05) is 4.90 Å². The molecule has 0 aromatic heterocycles. The summed E-state index contributed by atoms with van der Waals surface area (Å²) in [7, 11) is 0. The summed E-state index contributed by atoms with van der Waals surface area (Å²) in [5, 5.41) is 0. The highest BCUT2D eigenvalue weighted by Crippen LogP contribution is 2.25. The van der Waals surface area contributed by atoms with Gasteiger partial charge in [0.15, 0.2) is 0 Å². The molecule has 0 unspecified atom stereocenters. The van der Waals surface area contributed by atoms with Crippen LogP contribution >= 0.6 is 0 Å². The number of carbonyl (C=O) groups is 2. The van der Waals surface area contributed by atoms with Crippen molar-refractivity contribution in [1.29, 1.82) is 0 Å². The highest BCUT2D eigenvalue weighted by molar-refractivity contribution is 6.64. The van der Waals surface area contributed by atoms with E-state index in [1.165, 1.54) is 6.08 Å². The van der Waals surface area contributed by atoms with E-state index in [-0.39, 0.29) is 11.3 Å². The Bertz CT molecular complexity index is 819. The number of benzene rings is 2. The lowest BCUT2D eigenvalue weighted by Gasteiger charge is -2.10. The summed E-state index contributed by atoms with van der Waals surface area (Å²) >= 11 is 0. The van der Waals surface area contributed by atoms with E-state index in [1.807, 2.05) is 18.2 Å². The maximum absolute atomic E-state index is 12.5. The number of carbonyl (C=O) groups excluding carboxylic acids is 2. The van der Waals surface area contributed by atoms with Gasteiger partial charge in [-0.2, -0.15) is 4.79 Å². The van der Waals surface area contributed by atoms with Gasteiger partial charge in [0.1, 0.15) is 5.57 Å². The van der Waals surface area contributed by atoms with Crippen LogP contribution in [0.15, 0.2) is 66.2 Å². The Labute approximate surface area is 126 Å². The smallest absolute Gasteiger partial charge is 0.361 e. The van der Waals surface area contributed by atoms with Crippen LogP contribution in [0.4, 0.5) is 5.69 Å². The van der Waals surface area contributed by atoms with Gasteiger partial charge in [0.25, 0.3) is 5.91 Å². The molecule has 0 saturated carbocycles. The summed E-state index contributed by atoms with van der Waals surface area (Å²) in [6.07, 6.45) is 1.54. The molecule has 3 rings (SSSR count). The second-order valence-corrected chi connectivity index (χ2v) is 4.70. The minimum Gasteiger partial charge on any atom is -0.361 e. The first-order valence-electron chi connectivity index (χ1n) is 6.65. The zero-order valence-corrected chi connectivity index (χ0v) is 11.5. The predicted molar refractivity (Wildman–Crippen MR) is 82.0 cm³/mol. The van der Waals surface area contributed by atoms with Gasteiger partial charge in [-0.05, 0) is 23.8 Å². The summed E-state index contributed by atoms with van der Waals surface area (Å²) < 4.78 is 0. The normalized spacial score (nSPS) is 16.3. The highest BCUT2D eigenvalue weighted by atomic mass is 16.2. The third-order valence-electron chi connectivity index (χ3n) is 3.32. The van der Waals surface area contributed by atoms with Gasteiger partial charge in [0.05, 0.1) is 5.69 Å². The number of nitrogens with zero attached hydrogens (tertiary/aromatic N) is 3. The van der Waals surface area contributed by atoms with Crippen LogP contribution in [-0.2, 0) is 9.59 Å². The van der Waals surface area contributed by atoms with Crippen LogP contribution in [-0.4, -0.2) is 22.3 Å². The molecule has 2 aromatic carbocycles. The van der Waals surface area contributed by atoms with Crippen LogP contribution in [0.1, 0.15) is 5.56 Å². The maximum Gasteiger partial charge on any atom is 0.393 e. The van der Waals surface area contributed by atoms with Crippen LogP contribution in [0.3, 0.4) is 0 Å². The lowest BCUT2D eigenvalue weighted by atomic mass is 10.1. The van der Waals surface area contributed by atoms with Crippen molar-refractivity contribution in [3.63, 3.8) is 0 Å². The molecule has 1 fully saturated rings. The Kier molecular flexibility index (Phi) is 3.48. The molecule has 0 spiro atoms. The van der Waals surface area contributed by atoms with Gasteiger partial charge in [-0.3, -0.25) is 9.59 Å². The van der Waals surface area contributed by atoms with E-state index in [1.54, 1.807) is 42.5 Å². The van der Waals surface area contributed by atoms with E-state index < -0.39 is 11.8 Å². The standard InChI is InChI=1S/C17H11N3O2/c18-19-15-14(11-12-7-3-1-4-8-12)16(21)20(17(15)22)13-9-5-2-6-10-13/h1-11H/b14-11+. The molecule has 1 aliphatic rings. The number of amides is 2. The third kappa shape index (κ3) is 2.26. The van der Waals surface area contributed by atoms with Gasteiger partial charge in [0, 0.05) is 0 Å². The first kappa shape index (κ1) is 13.7. The molecule has 1 aliphatic heterocycles. The fourth-order valence-electron chi connectivity index (χ4n) is 2.29. The van der Waals surface area contributed by atoms with Gasteiger partial charge in [-0.15, -0.1) is 0 Å². The first-order valence-corrected chi connectivity index (χ1v) is 6.65. The molecule has 1 heterocycles. The van der Waals surface area contributed by atoms with Crippen molar-refractivity contribution in [2.24, 2.45) is 0 Å². The van der Waals surface area contributed by atoms with Gasteiger partial charge in [0.2, 0.25) is 0 Å². The van der Waals surface area contributed by atoms with Crippen LogP contribution in [0.5, 0.6) is 0 Å². The Morgan fingerprint density at radius 2 is 1.45 bits per heavy atom. The topological polar surface area (TPSA) is 73.8 Å². The molecule has 2 aromatic rings. The predicted octanol–water partition coefficient (Wildman–Crippen LogP) is 2.31. The summed E-state index contributed by atoms with van der Waals surface area (Å²) in [5.41, 5.74) is 10.1. The molecule has 106 valence electrons. The molecule has 1 saturated heterocycles. The molecule has 0 aliphatic carbocycles. The number of rotatable bonds is 2. The zero-order valence-electron chi connectivity index (χ0n) is 11.5. The van der Waals surface area contributed by atoms with E-state index in [0.717, 1.165) is 10.5 Å². The second-order valence-electron chi connectivity index (χ2n) is 4.70. The Hall–Kier alpha value is -3.30. The molecule has 0 radical (unpaired) electrons. The number of para-hydroxylation sites is 1. The minimum absolute atomic E-state index is 0.0718. The quantitative estimate of drug-likeness (QED) is 0.368. The van der Waals surface area contributed by atoms with E-state index >= 15 is 0 Å². The van der Waals surface area contributed by atoms with E-state index in [9.17, 15) is 9.59 Å². The van der Waals surface area contributed by atoms with E-state index in [0.29, 0.717) is 5.69 Å². The minimum atomic E-state index is -0.638. The maximum atomic E-state index is 12.5. The van der Waals surface area contributed by atoms with Crippen molar-refractivity contribution < 1.29 is 14.4 Å². The molecular weight excluding hydrogens is 278 g/mol. The van der Waals surface area contributed by atoms with Crippen LogP contribution in [0.2, 0.25) is 0 Å². The molecule has 2 amide bonds. The van der Waals surface area contributed by atoms with Gasteiger partial charge < -0.3 is 5.53 Å². The average molecular weight is 289 g/mol. The first-order chi connectivity index (χ1) is 10.7. The fraction of sp³-hybridized carbons (Fsp3) is 0. The summed E-state index contributed by atoms with van der Waals surface area (Å²) in [5.74, 6) is -1.14. The molecule has 22 heavy (non-hydrogen) atoms. The summed E-state index contributed by atoms with van der Waals surface area (Å²) in [6.45, 7) is 0. The second kappa shape index (κ2) is 5.60. The monoisotopic (exact) mass is 289 g/mol. The zero-order chi connectivity index (χ0) is 15.5. The molecule has 0 atom stereocenters. The Morgan fingerprint density at radius 3 is 2.05 bits per heavy atom. The molecule has 5 nitrogen and oxygen atoms in total. The number of hydrogen-bond donors (Lipinski definition) is 0. The van der Waals surface area contributed by atoms with Crippen molar-refractivity contribution >= 4 is 29.3 Å². The lowest BCUT2D eigenvalue weighted by Crippen LogP contribution is -2.30. The Morgan fingerprint density at radius 1 is 0.864 bits per heavy atom.